The Morgan fingerprint density at radius 2 is 1.84 bits per heavy atom. The lowest BCUT2D eigenvalue weighted by Gasteiger charge is -2.19. The van der Waals surface area contributed by atoms with Gasteiger partial charge >= 0.3 is 0 Å². The molecule has 5 heteroatoms. The van der Waals surface area contributed by atoms with Crippen LogP contribution in [0.15, 0.2) is 24.3 Å². The fraction of sp³-hybridized carbons (Fsp3) is 0.571. The molecule has 0 heterocycles. The molecule has 0 aromatic heterocycles. The first-order chi connectivity index (χ1) is 8.65. The molecule has 19 heavy (non-hydrogen) atoms. The van der Waals surface area contributed by atoms with Crippen molar-refractivity contribution < 1.29 is 18.3 Å². The molecular formula is C14H22O4S. The maximum Gasteiger partial charge on any atom is 0.158 e. The van der Waals surface area contributed by atoms with Gasteiger partial charge in [0.25, 0.3) is 0 Å². The zero-order valence-electron chi connectivity index (χ0n) is 11.9. The molecule has 1 N–H and O–H groups in total. The molecule has 108 valence electrons. The van der Waals surface area contributed by atoms with Gasteiger partial charge in [-0.15, -0.1) is 0 Å². The molecule has 0 bridgehead atoms. The van der Waals surface area contributed by atoms with Gasteiger partial charge in [-0.05, 0) is 33.8 Å². The van der Waals surface area contributed by atoms with Crippen LogP contribution in [0, 0.1) is 0 Å². The topological polar surface area (TPSA) is 63.6 Å². The smallest absolute Gasteiger partial charge is 0.158 e. The second-order valence-electron chi connectivity index (χ2n) is 5.49. The second kappa shape index (κ2) is 5.92. The highest BCUT2D eigenvalue weighted by molar-refractivity contribution is 7.92. The highest BCUT2D eigenvalue weighted by Crippen LogP contribution is 2.24. The van der Waals surface area contributed by atoms with Crippen LogP contribution < -0.4 is 4.74 Å². The Bertz CT molecular complexity index is 512. The Balaban J connectivity index is 2.70. The van der Waals surface area contributed by atoms with Gasteiger partial charge in [-0.25, -0.2) is 8.42 Å². The average molecular weight is 286 g/mol. The minimum absolute atomic E-state index is 0.0371. The molecule has 4 nitrogen and oxygen atoms in total. The number of benzene rings is 1. The van der Waals surface area contributed by atoms with Crippen LogP contribution in [0.4, 0.5) is 0 Å². The molecule has 0 aliphatic carbocycles. The molecule has 0 aliphatic heterocycles. The SMILES string of the molecule is C[C@@H](O)c1ccccc1OCCS(=O)(=O)C(C)(C)C. The van der Waals surface area contributed by atoms with Gasteiger partial charge in [0.1, 0.15) is 12.4 Å². The number of ether oxygens (including phenoxy) is 1. The van der Waals surface area contributed by atoms with Crippen LogP contribution >= 0.6 is 0 Å². The molecule has 0 fully saturated rings. The minimum atomic E-state index is -3.19. The van der Waals surface area contributed by atoms with Gasteiger partial charge in [0, 0.05) is 5.56 Å². The van der Waals surface area contributed by atoms with Crippen molar-refractivity contribution in [1.82, 2.24) is 0 Å². The summed E-state index contributed by atoms with van der Waals surface area (Å²) in [5.41, 5.74) is 0.663. The Hall–Kier alpha value is -1.07. The number of sulfone groups is 1. The standard InChI is InChI=1S/C14H22O4S/c1-11(15)12-7-5-6-8-13(12)18-9-10-19(16,17)14(2,3)4/h5-8,11,15H,9-10H2,1-4H3/t11-/m1/s1. The van der Waals surface area contributed by atoms with Crippen molar-refractivity contribution in [3.05, 3.63) is 29.8 Å². The molecule has 0 aliphatic rings. The summed E-state index contributed by atoms with van der Waals surface area (Å²) in [6.45, 7) is 6.75. The van der Waals surface area contributed by atoms with E-state index < -0.39 is 20.7 Å². The zero-order valence-corrected chi connectivity index (χ0v) is 12.7. The molecule has 1 rings (SSSR count). The molecular weight excluding hydrogens is 264 g/mol. The summed E-state index contributed by atoms with van der Waals surface area (Å²) >= 11 is 0. The van der Waals surface area contributed by atoms with E-state index in [4.69, 9.17) is 4.74 Å². The summed E-state index contributed by atoms with van der Waals surface area (Å²) in [5, 5.41) is 9.59. The summed E-state index contributed by atoms with van der Waals surface area (Å²) in [7, 11) is -3.19. The van der Waals surface area contributed by atoms with Crippen molar-refractivity contribution in [2.75, 3.05) is 12.4 Å². The van der Waals surface area contributed by atoms with Gasteiger partial charge in [-0.3, -0.25) is 0 Å². The second-order valence-corrected chi connectivity index (χ2v) is 8.36. The number of para-hydroxylation sites is 1. The van der Waals surface area contributed by atoms with Crippen LogP contribution in [0.3, 0.4) is 0 Å². The Morgan fingerprint density at radius 3 is 2.37 bits per heavy atom. The van der Waals surface area contributed by atoms with Crippen molar-refractivity contribution in [2.24, 2.45) is 0 Å². The average Bonchev–Trinajstić information content (AvgIpc) is 2.27. The third-order valence-corrected chi connectivity index (χ3v) is 5.48. The molecule has 0 spiro atoms. The van der Waals surface area contributed by atoms with Crippen LogP contribution in [-0.4, -0.2) is 30.6 Å². The van der Waals surface area contributed by atoms with Gasteiger partial charge in [-0.1, -0.05) is 18.2 Å². The summed E-state index contributed by atoms with van der Waals surface area (Å²) in [5.74, 6) is 0.492. The van der Waals surface area contributed by atoms with Gasteiger partial charge in [0.05, 0.1) is 16.6 Å². The van der Waals surface area contributed by atoms with Crippen LogP contribution in [0.25, 0.3) is 0 Å². The van der Waals surface area contributed by atoms with Crippen molar-refractivity contribution in [3.63, 3.8) is 0 Å². The fourth-order valence-electron chi connectivity index (χ4n) is 1.52. The lowest BCUT2D eigenvalue weighted by molar-refractivity contribution is 0.192. The number of rotatable bonds is 5. The zero-order chi connectivity index (χ0) is 14.7. The lowest BCUT2D eigenvalue weighted by Crippen LogP contribution is -2.32. The van der Waals surface area contributed by atoms with E-state index in [1.54, 1.807) is 52.0 Å². The van der Waals surface area contributed by atoms with Crippen LogP contribution in [0.1, 0.15) is 39.4 Å². The molecule has 0 saturated heterocycles. The monoisotopic (exact) mass is 286 g/mol. The number of hydrogen-bond acceptors (Lipinski definition) is 4. The molecule has 0 saturated carbocycles. The predicted octanol–water partition coefficient (Wildman–Crippen LogP) is 2.33. The summed E-state index contributed by atoms with van der Waals surface area (Å²) in [6, 6.07) is 7.09. The van der Waals surface area contributed by atoms with E-state index in [2.05, 4.69) is 0 Å². The fourth-order valence-corrected chi connectivity index (χ4v) is 2.44. The van der Waals surface area contributed by atoms with Gasteiger partial charge in [0.2, 0.25) is 0 Å². The molecule has 0 radical (unpaired) electrons. The predicted molar refractivity (Wildman–Crippen MR) is 76.1 cm³/mol. The van der Waals surface area contributed by atoms with Crippen molar-refractivity contribution in [1.29, 1.82) is 0 Å². The van der Waals surface area contributed by atoms with E-state index in [0.29, 0.717) is 11.3 Å². The van der Waals surface area contributed by atoms with Gasteiger partial charge in [-0.2, -0.15) is 0 Å². The molecule has 0 amide bonds. The first kappa shape index (κ1) is 16.0. The van der Waals surface area contributed by atoms with E-state index in [-0.39, 0.29) is 12.4 Å². The van der Waals surface area contributed by atoms with Gasteiger partial charge in [0.15, 0.2) is 9.84 Å². The highest BCUT2D eigenvalue weighted by Gasteiger charge is 2.28. The molecule has 1 atom stereocenters. The van der Waals surface area contributed by atoms with E-state index in [0.717, 1.165) is 0 Å². The Labute approximate surface area is 115 Å². The van der Waals surface area contributed by atoms with E-state index in [1.807, 2.05) is 0 Å². The van der Waals surface area contributed by atoms with E-state index in [1.165, 1.54) is 0 Å². The third kappa shape index (κ3) is 4.21. The van der Waals surface area contributed by atoms with Crippen LogP contribution in [0.2, 0.25) is 0 Å². The van der Waals surface area contributed by atoms with Crippen LogP contribution in [-0.2, 0) is 9.84 Å². The quantitative estimate of drug-likeness (QED) is 0.902. The first-order valence-electron chi connectivity index (χ1n) is 6.27. The maximum atomic E-state index is 11.9. The molecule has 0 unspecified atom stereocenters. The number of aliphatic hydroxyl groups is 1. The summed E-state index contributed by atoms with van der Waals surface area (Å²) in [6.07, 6.45) is -0.643. The summed E-state index contributed by atoms with van der Waals surface area (Å²) in [4.78, 5) is 0. The first-order valence-corrected chi connectivity index (χ1v) is 7.92. The van der Waals surface area contributed by atoms with E-state index in [9.17, 15) is 13.5 Å². The normalized spacial score (nSPS) is 14.2. The number of hydrogen-bond donors (Lipinski definition) is 1. The minimum Gasteiger partial charge on any atom is -0.492 e. The molecule has 1 aromatic rings. The van der Waals surface area contributed by atoms with Crippen molar-refractivity contribution in [2.45, 2.75) is 38.5 Å². The summed E-state index contributed by atoms with van der Waals surface area (Å²) < 4.78 is 28.6. The largest absolute Gasteiger partial charge is 0.492 e. The Morgan fingerprint density at radius 1 is 1.26 bits per heavy atom. The highest BCUT2D eigenvalue weighted by atomic mass is 32.2. The van der Waals surface area contributed by atoms with Crippen molar-refractivity contribution >= 4 is 9.84 Å². The van der Waals surface area contributed by atoms with Gasteiger partial charge < -0.3 is 9.84 Å². The lowest BCUT2D eigenvalue weighted by atomic mass is 10.1. The number of aliphatic hydroxyl groups excluding tert-OH is 1. The third-order valence-electron chi connectivity index (χ3n) is 2.91. The molecule has 1 aromatic carbocycles. The Kier molecular flexibility index (Phi) is 4.98. The van der Waals surface area contributed by atoms with Crippen LogP contribution in [0.5, 0.6) is 5.75 Å². The van der Waals surface area contributed by atoms with Crippen molar-refractivity contribution in [3.8, 4) is 5.75 Å². The maximum absolute atomic E-state index is 11.9. The van der Waals surface area contributed by atoms with E-state index >= 15 is 0 Å².